The third kappa shape index (κ3) is 3.26. The maximum atomic E-state index is 12.6. The van der Waals surface area contributed by atoms with Crippen LogP contribution in [-0.4, -0.2) is 76.6 Å². The van der Waals surface area contributed by atoms with Gasteiger partial charge < -0.3 is 29.8 Å². The average molecular weight is 385 g/mol. The number of nitrogens with one attached hydrogen (secondary N) is 1. The molecule has 0 bridgehead atoms. The minimum Gasteiger partial charge on any atom is -0.394 e. The molecule has 0 amide bonds. The number of imidazole rings is 1. The van der Waals surface area contributed by atoms with Crippen molar-refractivity contribution in [2.45, 2.75) is 24.5 Å². The number of aliphatic hydroxyl groups excluding tert-OH is 1. The Balaban J connectivity index is 2.11. The number of aromatic nitrogens is 4. The van der Waals surface area contributed by atoms with Gasteiger partial charge >= 0.3 is 5.69 Å². The number of ether oxygens (including phenoxy) is 4. The third-order valence-electron chi connectivity index (χ3n) is 4.57. The number of aliphatic hydroxyl groups is 1. The molecular formula is C15H23N5O7. The van der Waals surface area contributed by atoms with E-state index in [1.165, 1.54) is 21.3 Å². The van der Waals surface area contributed by atoms with Gasteiger partial charge in [0.25, 0.3) is 5.56 Å². The van der Waals surface area contributed by atoms with Crippen molar-refractivity contribution >= 4 is 17.1 Å². The SMILES string of the molecule is COCCOC1C(OC)C(CO)OC1n1c(=O)[nH]c2c(=O)n(C)c(N)nc21. The van der Waals surface area contributed by atoms with Crippen molar-refractivity contribution in [3.8, 4) is 0 Å². The molecule has 3 heterocycles. The average Bonchev–Trinajstić information content (AvgIpc) is 3.16. The first-order chi connectivity index (χ1) is 12.9. The number of nitrogens with two attached hydrogens (primary N) is 1. The molecule has 4 atom stereocenters. The van der Waals surface area contributed by atoms with Gasteiger partial charge in [-0.05, 0) is 0 Å². The highest BCUT2D eigenvalue weighted by Crippen LogP contribution is 2.33. The molecule has 27 heavy (non-hydrogen) atoms. The summed E-state index contributed by atoms with van der Waals surface area (Å²) in [6, 6.07) is 0. The summed E-state index contributed by atoms with van der Waals surface area (Å²) in [5.41, 5.74) is 4.70. The number of anilines is 1. The third-order valence-corrected chi connectivity index (χ3v) is 4.57. The quantitative estimate of drug-likeness (QED) is 0.456. The van der Waals surface area contributed by atoms with Crippen LogP contribution in [0.4, 0.5) is 5.95 Å². The van der Waals surface area contributed by atoms with Crippen molar-refractivity contribution in [1.82, 2.24) is 19.1 Å². The molecule has 3 rings (SSSR count). The number of nitrogen functional groups attached to an aromatic ring is 1. The van der Waals surface area contributed by atoms with Crippen LogP contribution in [0.15, 0.2) is 9.59 Å². The number of H-pyrrole nitrogens is 1. The van der Waals surface area contributed by atoms with Crippen LogP contribution in [0.5, 0.6) is 0 Å². The topological polar surface area (TPSA) is 156 Å². The van der Waals surface area contributed by atoms with E-state index in [-0.39, 0.29) is 30.3 Å². The summed E-state index contributed by atoms with van der Waals surface area (Å²) >= 11 is 0. The van der Waals surface area contributed by atoms with E-state index in [0.717, 1.165) is 9.13 Å². The second-order valence-corrected chi connectivity index (χ2v) is 6.11. The van der Waals surface area contributed by atoms with Crippen LogP contribution in [-0.2, 0) is 26.0 Å². The molecule has 0 aromatic carbocycles. The Morgan fingerprint density at radius 3 is 2.67 bits per heavy atom. The van der Waals surface area contributed by atoms with Gasteiger partial charge in [0.05, 0.1) is 19.8 Å². The van der Waals surface area contributed by atoms with Crippen LogP contribution in [0.2, 0.25) is 0 Å². The Morgan fingerprint density at radius 1 is 1.30 bits per heavy atom. The molecule has 0 spiro atoms. The van der Waals surface area contributed by atoms with Crippen LogP contribution < -0.4 is 17.0 Å². The van der Waals surface area contributed by atoms with Crippen LogP contribution in [0.25, 0.3) is 11.2 Å². The summed E-state index contributed by atoms with van der Waals surface area (Å²) in [6.07, 6.45) is -3.10. The molecule has 2 aromatic heterocycles. The molecule has 1 fully saturated rings. The van der Waals surface area contributed by atoms with Crippen molar-refractivity contribution in [3.63, 3.8) is 0 Å². The largest absolute Gasteiger partial charge is 0.394 e. The lowest BCUT2D eigenvalue weighted by atomic mass is 10.1. The number of nitrogens with zero attached hydrogens (tertiary/aromatic N) is 3. The van der Waals surface area contributed by atoms with Crippen molar-refractivity contribution < 1.29 is 24.1 Å². The molecule has 0 aliphatic carbocycles. The number of hydrogen-bond donors (Lipinski definition) is 3. The highest BCUT2D eigenvalue weighted by molar-refractivity contribution is 5.71. The number of hydrogen-bond acceptors (Lipinski definition) is 9. The normalized spacial score (nSPS) is 25.5. The standard InChI is InChI=1S/C15H23N5O7/c1-19-12(22)8-11(18-14(19)16)20(15(23)17-8)13-10(26-5-4-24-2)9(25-3)7(6-21)27-13/h7,9-10,13,21H,4-6H2,1-3H3,(H2,16,18)(H,17,23). The molecule has 4 N–H and O–H groups in total. The number of rotatable bonds is 7. The first-order valence-electron chi connectivity index (χ1n) is 8.31. The van der Waals surface area contributed by atoms with Crippen molar-refractivity contribution in [2.75, 3.05) is 39.8 Å². The Hall–Kier alpha value is -2.25. The number of aromatic amines is 1. The maximum Gasteiger partial charge on any atom is 0.330 e. The Bertz CT molecular complexity index is 920. The zero-order valence-corrected chi connectivity index (χ0v) is 15.2. The lowest BCUT2D eigenvalue weighted by Gasteiger charge is -2.23. The maximum absolute atomic E-state index is 12.6. The fraction of sp³-hybridized carbons (Fsp3) is 0.667. The van der Waals surface area contributed by atoms with Gasteiger partial charge in [-0.3, -0.25) is 14.3 Å². The molecule has 0 radical (unpaired) electrons. The number of fused-ring (bicyclic) bond motifs is 1. The monoisotopic (exact) mass is 385 g/mol. The van der Waals surface area contributed by atoms with E-state index in [1.54, 1.807) is 0 Å². The zero-order valence-electron chi connectivity index (χ0n) is 15.2. The first kappa shape index (κ1) is 19.5. The van der Waals surface area contributed by atoms with Crippen LogP contribution >= 0.6 is 0 Å². The minimum absolute atomic E-state index is 0.00245. The zero-order chi connectivity index (χ0) is 19.7. The second kappa shape index (κ2) is 7.78. The summed E-state index contributed by atoms with van der Waals surface area (Å²) in [5, 5.41) is 9.61. The molecule has 4 unspecified atom stereocenters. The van der Waals surface area contributed by atoms with Crippen LogP contribution in [0.3, 0.4) is 0 Å². The van der Waals surface area contributed by atoms with E-state index in [4.69, 9.17) is 24.7 Å². The van der Waals surface area contributed by atoms with Crippen molar-refractivity contribution in [2.24, 2.45) is 7.05 Å². The fourth-order valence-electron chi connectivity index (χ4n) is 3.18. The summed E-state index contributed by atoms with van der Waals surface area (Å²) < 4.78 is 24.3. The predicted octanol–water partition coefficient (Wildman–Crippen LogP) is -2.06. The van der Waals surface area contributed by atoms with Crippen LogP contribution in [0.1, 0.15) is 6.23 Å². The summed E-state index contributed by atoms with van der Waals surface area (Å²) in [7, 11) is 4.43. The van der Waals surface area contributed by atoms with Crippen LogP contribution in [0, 0.1) is 0 Å². The van der Waals surface area contributed by atoms with Crippen molar-refractivity contribution in [1.29, 1.82) is 0 Å². The van der Waals surface area contributed by atoms with Gasteiger partial charge in [-0.1, -0.05) is 0 Å². The summed E-state index contributed by atoms with van der Waals surface area (Å²) in [5.74, 6) is -0.0582. The van der Waals surface area contributed by atoms with E-state index in [1.807, 2.05) is 0 Å². The molecule has 2 aromatic rings. The highest BCUT2D eigenvalue weighted by Gasteiger charge is 2.47. The minimum atomic E-state index is -0.982. The molecule has 150 valence electrons. The fourth-order valence-corrected chi connectivity index (χ4v) is 3.18. The van der Waals surface area contributed by atoms with Gasteiger partial charge in [0, 0.05) is 21.3 Å². The molecular weight excluding hydrogens is 362 g/mol. The van der Waals surface area contributed by atoms with E-state index in [9.17, 15) is 14.7 Å². The molecule has 1 aliphatic rings. The Kier molecular flexibility index (Phi) is 5.62. The van der Waals surface area contributed by atoms with E-state index in [0.29, 0.717) is 6.61 Å². The summed E-state index contributed by atoms with van der Waals surface area (Å²) in [6.45, 7) is 0.193. The van der Waals surface area contributed by atoms with Gasteiger partial charge in [-0.25, -0.2) is 9.36 Å². The molecule has 1 saturated heterocycles. The Labute approximate surface area is 153 Å². The lowest BCUT2D eigenvalue weighted by molar-refractivity contribution is -0.0827. The van der Waals surface area contributed by atoms with Gasteiger partial charge in [0.2, 0.25) is 5.95 Å². The second-order valence-electron chi connectivity index (χ2n) is 6.11. The summed E-state index contributed by atoms with van der Waals surface area (Å²) in [4.78, 5) is 31.6. The highest BCUT2D eigenvalue weighted by atomic mass is 16.6. The van der Waals surface area contributed by atoms with Gasteiger partial charge in [-0.15, -0.1) is 0 Å². The van der Waals surface area contributed by atoms with E-state index >= 15 is 0 Å². The van der Waals surface area contributed by atoms with Gasteiger partial charge in [0.15, 0.2) is 17.4 Å². The van der Waals surface area contributed by atoms with Gasteiger partial charge in [0.1, 0.15) is 18.3 Å². The predicted molar refractivity (Wildman–Crippen MR) is 93.4 cm³/mol. The van der Waals surface area contributed by atoms with E-state index in [2.05, 4.69) is 9.97 Å². The number of methoxy groups -OCH3 is 2. The molecule has 12 nitrogen and oxygen atoms in total. The molecule has 1 aliphatic heterocycles. The lowest BCUT2D eigenvalue weighted by Crippen LogP contribution is -2.39. The first-order valence-corrected chi connectivity index (χ1v) is 8.31. The molecule has 12 heteroatoms. The van der Waals surface area contributed by atoms with Crippen molar-refractivity contribution in [3.05, 3.63) is 20.8 Å². The smallest absolute Gasteiger partial charge is 0.330 e. The molecule has 0 saturated carbocycles. The van der Waals surface area contributed by atoms with Gasteiger partial charge in [-0.2, -0.15) is 4.98 Å². The Morgan fingerprint density at radius 2 is 2.04 bits per heavy atom. The van der Waals surface area contributed by atoms with E-state index < -0.39 is 35.8 Å².